The number of anilines is 1. The van der Waals surface area contributed by atoms with E-state index in [9.17, 15) is 4.79 Å². The lowest BCUT2D eigenvalue weighted by Crippen LogP contribution is -2.27. The fraction of sp³-hybridized carbons (Fsp3) is 0.150. The normalized spacial score (nSPS) is 11.8. The number of halogens is 1. The molecule has 25 heavy (non-hydrogen) atoms. The van der Waals surface area contributed by atoms with E-state index in [-0.39, 0.29) is 11.9 Å². The van der Waals surface area contributed by atoms with Crippen LogP contribution in [0, 0.1) is 0 Å². The lowest BCUT2D eigenvalue weighted by Gasteiger charge is -2.19. The van der Waals surface area contributed by atoms with E-state index in [2.05, 4.69) is 5.32 Å². The van der Waals surface area contributed by atoms with Gasteiger partial charge in [-0.25, -0.2) is 0 Å². The molecule has 4 nitrogen and oxygen atoms in total. The standard InChI is InChI=1S/C20H19ClN2O2/c1-25-19-10-9-16(14-17(19)21)22-20(24)18(23-11-5-6-12-23)13-15-7-3-2-4-8-15/h2-12,14,18H,13H2,1H3,(H,22,24). The Morgan fingerprint density at radius 2 is 1.84 bits per heavy atom. The predicted octanol–water partition coefficient (Wildman–Crippen LogP) is 4.57. The Balaban J connectivity index is 1.81. The van der Waals surface area contributed by atoms with E-state index in [1.807, 2.05) is 59.4 Å². The van der Waals surface area contributed by atoms with Crippen LogP contribution < -0.4 is 10.1 Å². The Kier molecular flexibility index (Phi) is 5.41. The molecule has 1 amide bonds. The van der Waals surface area contributed by atoms with Crippen LogP contribution in [0.4, 0.5) is 5.69 Å². The van der Waals surface area contributed by atoms with E-state index in [4.69, 9.17) is 16.3 Å². The topological polar surface area (TPSA) is 43.3 Å². The maximum absolute atomic E-state index is 12.9. The summed E-state index contributed by atoms with van der Waals surface area (Å²) in [6, 6.07) is 18.6. The van der Waals surface area contributed by atoms with Gasteiger partial charge in [0.1, 0.15) is 11.8 Å². The van der Waals surface area contributed by atoms with E-state index in [0.717, 1.165) is 5.56 Å². The predicted molar refractivity (Wildman–Crippen MR) is 100 cm³/mol. The third-order valence-electron chi connectivity index (χ3n) is 3.98. The maximum atomic E-state index is 12.9. The average Bonchev–Trinajstić information content (AvgIpc) is 3.15. The summed E-state index contributed by atoms with van der Waals surface area (Å²) in [5, 5.41) is 3.40. The van der Waals surface area contributed by atoms with Crippen LogP contribution in [0.5, 0.6) is 5.75 Å². The van der Waals surface area contributed by atoms with Crippen LogP contribution in [0.2, 0.25) is 5.02 Å². The Labute approximate surface area is 152 Å². The first kappa shape index (κ1) is 17.1. The number of nitrogens with one attached hydrogen (secondary N) is 1. The van der Waals surface area contributed by atoms with Crippen molar-refractivity contribution in [2.24, 2.45) is 0 Å². The van der Waals surface area contributed by atoms with Crippen LogP contribution in [-0.2, 0) is 11.2 Å². The summed E-state index contributed by atoms with van der Waals surface area (Å²) < 4.78 is 7.05. The molecule has 0 bridgehead atoms. The van der Waals surface area contributed by atoms with E-state index in [1.165, 1.54) is 0 Å². The van der Waals surface area contributed by atoms with Gasteiger partial charge in [-0.15, -0.1) is 0 Å². The Hall–Kier alpha value is -2.72. The second kappa shape index (κ2) is 7.90. The van der Waals surface area contributed by atoms with Crippen LogP contribution in [0.3, 0.4) is 0 Å². The molecule has 3 rings (SSSR count). The number of nitrogens with zero attached hydrogens (tertiary/aromatic N) is 1. The molecular formula is C20H19ClN2O2. The van der Waals surface area contributed by atoms with Gasteiger partial charge in [0.2, 0.25) is 5.91 Å². The molecule has 2 aromatic carbocycles. The van der Waals surface area contributed by atoms with Gasteiger partial charge < -0.3 is 14.6 Å². The zero-order chi connectivity index (χ0) is 17.6. The van der Waals surface area contributed by atoms with Crippen molar-refractivity contribution in [1.82, 2.24) is 4.57 Å². The van der Waals surface area contributed by atoms with Crippen LogP contribution >= 0.6 is 11.6 Å². The summed E-state index contributed by atoms with van der Waals surface area (Å²) >= 11 is 6.14. The summed E-state index contributed by atoms with van der Waals surface area (Å²) in [6.45, 7) is 0. The molecule has 1 aromatic heterocycles. The number of carbonyl (C=O) groups is 1. The third-order valence-corrected chi connectivity index (χ3v) is 4.28. The van der Waals surface area contributed by atoms with Crippen molar-refractivity contribution < 1.29 is 9.53 Å². The largest absolute Gasteiger partial charge is 0.495 e. The molecule has 1 unspecified atom stereocenters. The highest BCUT2D eigenvalue weighted by atomic mass is 35.5. The lowest BCUT2D eigenvalue weighted by molar-refractivity contribution is -0.119. The minimum absolute atomic E-state index is 0.0960. The van der Waals surface area contributed by atoms with Crippen LogP contribution in [0.1, 0.15) is 11.6 Å². The molecule has 1 atom stereocenters. The van der Waals surface area contributed by atoms with Crippen LogP contribution in [0.15, 0.2) is 73.1 Å². The zero-order valence-electron chi connectivity index (χ0n) is 13.9. The Morgan fingerprint density at radius 1 is 1.12 bits per heavy atom. The first-order valence-electron chi connectivity index (χ1n) is 7.98. The number of hydrogen-bond acceptors (Lipinski definition) is 2. The number of aromatic nitrogens is 1. The van der Waals surface area contributed by atoms with Gasteiger partial charge >= 0.3 is 0 Å². The maximum Gasteiger partial charge on any atom is 0.247 e. The number of methoxy groups -OCH3 is 1. The number of carbonyl (C=O) groups excluding carboxylic acids is 1. The molecule has 0 aliphatic heterocycles. The fourth-order valence-electron chi connectivity index (χ4n) is 2.70. The van der Waals surface area contributed by atoms with Gasteiger partial charge in [-0.3, -0.25) is 4.79 Å². The van der Waals surface area contributed by atoms with Crippen molar-refractivity contribution in [1.29, 1.82) is 0 Å². The molecule has 0 saturated heterocycles. The molecule has 0 fully saturated rings. The Morgan fingerprint density at radius 3 is 2.48 bits per heavy atom. The summed E-state index contributed by atoms with van der Waals surface area (Å²) in [7, 11) is 1.56. The fourth-order valence-corrected chi connectivity index (χ4v) is 2.95. The van der Waals surface area contributed by atoms with Crippen LogP contribution in [-0.4, -0.2) is 17.6 Å². The van der Waals surface area contributed by atoms with Gasteiger partial charge in [0, 0.05) is 24.5 Å². The smallest absolute Gasteiger partial charge is 0.247 e. The molecular weight excluding hydrogens is 336 g/mol. The lowest BCUT2D eigenvalue weighted by atomic mass is 10.0. The van der Waals surface area contributed by atoms with Gasteiger partial charge in [-0.1, -0.05) is 41.9 Å². The average molecular weight is 355 g/mol. The van der Waals surface area contributed by atoms with Crippen molar-refractivity contribution >= 4 is 23.2 Å². The number of amides is 1. The van der Waals surface area contributed by atoms with Gasteiger partial charge in [0.05, 0.1) is 12.1 Å². The van der Waals surface area contributed by atoms with Crippen molar-refractivity contribution in [3.05, 3.63) is 83.6 Å². The second-order valence-electron chi connectivity index (χ2n) is 5.67. The number of rotatable bonds is 6. The van der Waals surface area contributed by atoms with Gasteiger partial charge in [-0.2, -0.15) is 0 Å². The third kappa shape index (κ3) is 4.22. The molecule has 0 aliphatic rings. The van der Waals surface area contributed by atoms with Gasteiger partial charge in [-0.05, 0) is 35.9 Å². The zero-order valence-corrected chi connectivity index (χ0v) is 14.6. The highest BCUT2D eigenvalue weighted by molar-refractivity contribution is 6.32. The molecule has 3 aromatic rings. The minimum atomic E-state index is -0.349. The summed E-state index contributed by atoms with van der Waals surface area (Å²) in [4.78, 5) is 12.9. The van der Waals surface area contributed by atoms with E-state index >= 15 is 0 Å². The summed E-state index contributed by atoms with van der Waals surface area (Å²) in [5.74, 6) is 0.479. The highest BCUT2D eigenvalue weighted by Crippen LogP contribution is 2.28. The molecule has 0 aliphatic carbocycles. The van der Waals surface area contributed by atoms with E-state index in [1.54, 1.807) is 25.3 Å². The monoisotopic (exact) mass is 354 g/mol. The number of benzene rings is 2. The first-order valence-corrected chi connectivity index (χ1v) is 8.36. The van der Waals surface area contributed by atoms with Crippen LogP contribution in [0.25, 0.3) is 0 Å². The summed E-state index contributed by atoms with van der Waals surface area (Å²) in [5.41, 5.74) is 1.74. The van der Waals surface area contributed by atoms with Crippen molar-refractivity contribution in [3.8, 4) is 5.75 Å². The second-order valence-corrected chi connectivity index (χ2v) is 6.08. The van der Waals surface area contributed by atoms with Crippen molar-refractivity contribution in [3.63, 3.8) is 0 Å². The molecule has 1 N–H and O–H groups in total. The van der Waals surface area contributed by atoms with E-state index < -0.39 is 0 Å². The van der Waals surface area contributed by atoms with Gasteiger partial charge in [0.25, 0.3) is 0 Å². The summed E-state index contributed by atoms with van der Waals surface area (Å²) in [6.07, 6.45) is 4.40. The van der Waals surface area contributed by atoms with Crippen molar-refractivity contribution in [2.75, 3.05) is 12.4 Å². The van der Waals surface area contributed by atoms with Crippen molar-refractivity contribution in [2.45, 2.75) is 12.5 Å². The quantitative estimate of drug-likeness (QED) is 0.704. The highest BCUT2D eigenvalue weighted by Gasteiger charge is 2.20. The Bertz CT molecular complexity index is 832. The molecule has 128 valence electrons. The van der Waals surface area contributed by atoms with Gasteiger partial charge in [0.15, 0.2) is 0 Å². The first-order chi connectivity index (χ1) is 12.2. The number of hydrogen-bond donors (Lipinski definition) is 1. The SMILES string of the molecule is COc1ccc(NC(=O)C(Cc2ccccc2)n2cccc2)cc1Cl. The minimum Gasteiger partial charge on any atom is -0.495 e. The molecule has 0 radical (unpaired) electrons. The molecule has 0 spiro atoms. The molecule has 0 saturated carbocycles. The molecule has 1 heterocycles. The van der Waals surface area contributed by atoms with E-state index in [0.29, 0.717) is 22.9 Å². The number of ether oxygens (including phenoxy) is 1. The molecule has 5 heteroatoms.